The predicted molar refractivity (Wildman–Crippen MR) is 55.4 cm³/mol. The molecule has 0 aliphatic heterocycles. The average Bonchev–Trinajstić information content (AvgIpc) is 2.14. The van der Waals surface area contributed by atoms with Gasteiger partial charge in [-0.3, -0.25) is 0 Å². The number of rotatable bonds is 3. The van der Waals surface area contributed by atoms with Gasteiger partial charge in [0, 0.05) is 6.21 Å². The highest BCUT2D eigenvalue weighted by Gasteiger charge is 1.95. The average molecular weight is 213 g/mol. The van der Waals surface area contributed by atoms with Crippen molar-refractivity contribution in [3.8, 4) is 5.75 Å². The van der Waals surface area contributed by atoms with Crippen LogP contribution in [0.25, 0.3) is 0 Å². The molecule has 0 aromatic heterocycles. The molecule has 1 aromatic rings. The summed E-state index contributed by atoms with van der Waals surface area (Å²) in [6, 6.07) is 6.94. The second-order valence-electron chi connectivity index (χ2n) is 2.74. The molecule has 0 bridgehead atoms. The maximum absolute atomic E-state index is 10.7. The summed E-state index contributed by atoms with van der Waals surface area (Å²) in [5.74, 6) is 0.724. The van der Waals surface area contributed by atoms with Crippen LogP contribution in [0.2, 0.25) is 0 Å². The highest BCUT2D eigenvalue weighted by Crippen LogP contribution is 2.09. The third kappa shape index (κ3) is 3.57. The van der Waals surface area contributed by atoms with Gasteiger partial charge in [-0.2, -0.15) is 4.40 Å². The maximum atomic E-state index is 10.7. The van der Waals surface area contributed by atoms with Crippen LogP contribution in [-0.4, -0.2) is 28.0 Å². The second-order valence-corrected chi connectivity index (χ2v) is 4.42. The van der Waals surface area contributed by atoms with E-state index in [0.29, 0.717) is 0 Å². The molecule has 14 heavy (non-hydrogen) atoms. The molecule has 0 atom stereocenters. The Balaban J connectivity index is 2.84. The molecule has 5 heteroatoms. The molecule has 1 aromatic carbocycles. The molecule has 76 valence electrons. The second kappa shape index (κ2) is 4.23. The summed E-state index contributed by atoms with van der Waals surface area (Å²) in [6.45, 7) is 0. The molecule has 0 saturated heterocycles. The van der Waals surface area contributed by atoms with Crippen LogP contribution in [0.4, 0.5) is 0 Å². The highest BCUT2D eigenvalue weighted by atomic mass is 32.2. The third-order valence-electron chi connectivity index (χ3n) is 1.51. The fourth-order valence-electron chi connectivity index (χ4n) is 0.847. The summed E-state index contributed by atoms with van der Waals surface area (Å²) >= 11 is 0. The predicted octanol–water partition coefficient (Wildman–Crippen LogP) is 1.07. The van der Waals surface area contributed by atoms with Crippen molar-refractivity contribution in [1.82, 2.24) is 0 Å². The fraction of sp³-hybridized carbons (Fsp3) is 0.222. The molecule has 0 saturated carbocycles. The fourth-order valence-corrected chi connectivity index (χ4v) is 1.16. The number of ether oxygens (including phenoxy) is 1. The quantitative estimate of drug-likeness (QED) is 0.706. The molecule has 4 nitrogen and oxygen atoms in total. The summed E-state index contributed by atoms with van der Waals surface area (Å²) in [5.41, 5.74) is 0.719. The van der Waals surface area contributed by atoms with Crippen LogP contribution in [-0.2, 0) is 10.0 Å². The standard InChI is InChI=1S/C9H11NO3S/c1-13-9-5-3-8(4-6-9)7-10-14(2,11)12/h3-7H,1-2H3/b10-7+. The van der Waals surface area contributed by atoms with Crippen LogP contribution in [0.1, 0.15) is 5.56 Å². The minimum Gasteiger partial charge on any atom is -0.497 e. The zero-order valence-corrected chi connectivity index (χ0v) is 8.78. The van der Waals surface area contributed by atoms with Gasteiger partial charge in [0.1, 0.15) is 5.75 Å². The van der Waals surface area contributed by atoms with Gasteiger partial charge in [0.25, 0.3) is 0 Å². The number of nitrogens with zero attached hydrogens (tertiary/aromatic N) is 1. The van der Waals surface area contributed by atoms with Crippen molar-refractivity contribution in [2.24, 2.45) is 4.40 Å². The first-order valence-electron chi connectivity index (χ1n) is 3.90. The van der Waals surface area contributed by atoms with Crippen LogP contribution in [0.15, 0.2) is 28.7 Å². The molecule has 0 N–H and O–H groups in total. The van der Waals surface area contributed by atoms with Gasteiger partial charge in [-0.15, -0.1) is 0 Å². The number of sulfonamides is 1. The molecular weight excluding hydrogens is 202 g/mol. The third-order valence-corrected chi connectivity index (χ3v) is 2.00. The molecule has 0 spiro atoms. The Hall–Kier alpha value is -1.36. The molecular formula is C9H11NO3S. The van der Waals surface area contributed by atoms with Crippen LogP contribution >= 0.6 is 0 Å². The van der Waals surface area contributed by atoms with E-state index >= 15 is 0 Å². The number of hydrogen-bond donors (Lipinski definition) is 0. The van der Waals surface area contributed by atoms with E-state index in [2.05, 4.69) is 4.40 Å². The van der Waals surface area contributed by atoms with Gasteiger partial charge in [0.15, 0.2) is 0 Å². The van der Waals surface area contributed by atoms with E-state index in [1.54, 1.807) is 31.4 Å². The maximum Gasteiger partial charge on any atom is 0.250 e. The lowest BCUT2D eigenvalue weighted by Gasteiger charge is -1.98. The van der Waals surface area contributed by atoms with E-state index in [4.69, 9.17) is 4.74 Å². The zero-order chi connectivity index (χ0) is 10.6. The van der Waals surface area contributed by atoms with E-state index in [1.165, 1.54) is 6.21 Å². The number of benzene rings is 1. The summed E-state index contributed by atoms with van der Waals surface area (Å²) in [6.07, 6.45) is 2.35. The minimum absolute atomic E-state index is 0.719. The summed E-state index contributed by atoms with van der Waals surface area (Å²) in [4.78, 5) is 0. The van der Waals surface area contributed by atoms with E-state index in [0.717, 1.165) is 17.6 Å². The van der Waals surface area contributed by atoms with Crippen molar-refractivity contribution in [3.05, 3.63) is 29.8 Å². The monoisotopic (exact) mass is 213 g/mol. The Morgan fingerprint density at radius 2 is 1.86 bits per heavy atom. The Morgan fingerprint density at radius 3 is 2.29 bits per heavy atom. The largest absolute Gasteiger partial charge is 0.497 e. The highest BCUT2D eigenvalue weighted by molar-refractivity contribution is 7.89. The topological polar surface area (TPSA) is 55.7 Å². The summed E-state index contributed by atoms with van der Waals surface area (Å²) < 4.78 is 29.8. The lowest BCUT2D eigenvalue weighted by atomic mass is 10.2. The lowest BCUT2D eigenvalue weighted by molar-refractivity contribution is 0.415. The van der Waals surface area contributed by atoms with Crippen molar-refractivity contribution in [3.63, 3.8) is 0 Å². The van der Waals surface area contributed by atoms with Crippen molar-refractivity contribution in [2.75, 3.05) is 13.4 Å². The van der Waals surface area contributed by atoms with E-state index in [9.17, 15) is 8.42 Å². The van der Waals surface area contributed by atoms with Gasteiger partial charge in [0.2, 0.25) is 10.0 Å². The van der Waals surface area contributed by atoms with Crippen LogP contribution in [0, 0.1) is 0 Å². The first kappa shape index (κ1) is 10.7. The lowest BCUT2D eigenvalue weighted by Crippen LogP contribution is -1.91. The van der Waals surface area contributed by atoms with Crippen LogP contribution < -0.4 is 4.74 Å². The van der Waals surface area contributed by atoms with E-state index in [1.807, 2.05) is 0 Å². The molecule has 0 heterocycles. The van der Waals surface area contributed by atoms with Crippen molar-refractivity contribution >= 4 is 16.2 Å². The van der Waals surface area contributed by atoms with Gasteiger partial charge in [0.05, 0.1) is 13.4 Å². The molecule has 0 unspecified atom stereocenters. The van der Waals surface area contributed by atoms with Crippen molar-refractivity contribution in [2.45, 2.75) is 0 Å². The first-order chi connectivity index (χ1) is 6.51. The Labute approximate surface area is 83.3 Å². The van der Waals surface area contributed by atoms with Gasteiger partial charge < -0.3 is 4.74 Å². The Kier molecular flexibility index (Phi) is 3.24. The van der Waals surface area contributed by atoms with Gasteiger partial charge in [-0.05, 0) is 29.8 Å². The van der Waals surface area contributed by atoms with E-state index < -0.39 is 10.0 Å². The molecule has 0 aliphatic rings. The summed E-state index contributed by atoms with van der Waals surface area (Å²) in [7, 11) is -1.73. The molecule has 1 rings (SSSR count). The Morgan fingerprint density at radius 1 is 1.29 bits per heavy atom. The molecule has 0 aliphatic carbocycles. The molecule has 0 amide bonds. The Bertz CT molecular complexity index is 420. The van der Waals surface area contributed by atoms with Crippen LogP contribution in [0.3, 0.4) is 0 Å². The van der Waals surface area contributed by atoms with Gasteiger partial charge in [-0.25, -0.2) is 8.42 Å². The SMILES string of the molecule is COc1ccc(/C=N/S(C)(=O)=O)cc1. The normalized spacial score (nSPS) is 11.9. The molecule has 0 radical (unpaired) electrons. The van der Waals surface area contributed by atoms with Gasteiger partial charge in [-0.1, -0.05) is 0 Å². The minimum atomic E-state index is -3.30. The first-order valence-corrected chi connectivity index (χ1v) is 5.75. The smallest absolute Gasteiger partial charge is 0.250 e. The number of hydrogen-bond acceptors (Lipinski definition) is 3. The van der Waals surface area contributed by atoms with Gasteiger partial charge >= 0.3 is 0 Å². The van der Waals surface area contributed by atoms with Crippen molar-refractivity contribution < 1.29 is 13.2 Å². The van der Waals surface area contributed by atoms with Crippen molar-refractivity contribution in [1.29, 1.82) is 0 Å². The van der Waals surface area contributed by atoms with Crippen LogP contribution in [0.5, 0.6) is 5.75 Å². The summed E-state index contributed by atoms with van der Waals surface area (Å²) in [5, 5.41) is 0. The number of methoxy groups -OCH3 is 1. The van der Waals surface area contributed by atoms with E-state index in [-0.39, 0.29) is 0 Å². The zero-order valence-electron chi connectivity index (χ0n) is 7.97. The molecule has 0 fully saturated rings.